The maximum Gasteiger partial charge on any atom is 0.262 e. The Kier molecular flexibility index (Phi) is 4.16. The van der Waals surface area contributed by atoms with Gasteiger partial charge in [-0.15, -0.1) is 0 Å². The minimum Gasteiger partial charge on any atom is -0.477 e. The van der Waals surface area contributed by atoms with Crippen LogP contribution in [0.4, 0.5) is 10.1 Å². The molecule has 0 saturated heterocycles. The Morgan fingerprint density at radius 2 is 2.15 bits per heavy atom. The van der Waals surface area contributed by atoms with Crippen molar-refractivity contribution in [2.24, 2.45) is 0 Å². The van der Waals surface area contributed by atoms with Gasteiger partial charge in [0.15, 0.2) is 6.10 Å². The first-order valence-corrected chi connectivity index (χ1v) is 8.41. The summed E-state index contributed by atoms with van der Waals surface area (Å²) in [6.07, 6.45) is 1.08. The minimum absolute atomic E-state index is 0.188. The normalized spacial score (nSPS) is 16.1. The Bertz CT molecular complexity index is 976. The lowest BCUT2D eigenvalue weighted by molar-refractivity contribution is -0.127. The van der Waals surface area contributed by atoms with E-state index in [0.29, 0.717) is 18.8 Å². The standard InChI is InChI=1S/C20H18FN3O2/c1-22-20(25)18-12-24(16-6-2-3-7-17(16)26-18)11-14-10-15(21)9-13-5-4-8-23-19(13)14/h2-10,18H,11-12H2,1H3,(H,22,25)/t18-/m0/s1. The van der Waals surface area contributed by atoms with E-state index >= 15 is 0 Å². The number of para-hydroxylation sites is 2. The number of ether oxygens (including phenoxy) is 1. The Labute approximate surface area is 150 Å². The van der Waals surface area contributed by atoms with E-state index in [1.165, 1.54) is 12.1 Å². The SMILES string of the molecule is CNC(=O)[C@@H]1CN(Cc2cc(F)cc3cccnc23)c2ccccc2O1. The zero-order valence-corrected chi connectivity index (χ0v) is 14.3. The van der Waals surface area contributed by atoms with Crippen LogP contribution in [0.1, 0.15) is 5.56 Å². The fourth-order valence-corrected chi connectivity index (χ4v) is 3.31. The largest absolute Gasteiger partial charge is 0.477 e. The number of nitrogens with zero attached hydrogens (tertiary/aromatic N) is 2. The number of amides is 1. The molecule has 0 saturated carbocycles. The summed E-state index contributed by atoms with van der Waals surface area (Å²) in [4.78, 5) is 18.5. The molecule has 6 heteroatoms. The monoisotopic (exact) mass is 351 g/mol. The number of carbonyl (C=O) groups is 1. The predicted molar refractivity (Wildman–Crippen MR) is 97.7 cm³/mol. The van der Waals surface area contributed by atoms with Crippen molar-refractivity contribution in [2.45, 2.75) is 12.6 Å². The summed E-state index contributed by atoms with van der Waals surface area (Å²) in [5.41, 5.74) is 2.41. The summed E-state index contributed by atoms with van der Waals surface area (Å²) in [5, 5.41) is 3.38. The number of anilines is 1. The first kappa shape index (κ1) is 16.3. The molecule has 0 unspecified atom stereocenters. The molecule has 1 amide bonds. The van der Waals surface area contributed by atoms with E-state index in [4.69, 9.17) is 4.74 Å². The third kappa shape index (κ3) is 2.94. The predicted octanol–water partition coefficient (Wildman–Crippen LogP) is 2.89. The van der Waals surface area contributed by atoms with Crippen LogP contribution in [-0.4, -0.2) is 30.6 Å². The fraction of sp³-hybridized carbons (Fsp3) is 0.200. The fourth-order valence-electron chi connectivity index (χ4n) is 3.31. The molecule has 0 spiro atoms. The Morgan fingerprint density at radius 3 is 3.00 bits per heavy atom. The number of halogens is 1. The number of carbonyl (C=O) groups excluding carboxylic acids is 1. The molecule has 1 aliphatic rings. The molecule has 4 rings (SSSR count). The van der Waals surface area contributed by atoms with Gasteiger partial charge >= 0.3 is 0 Å². The highest BCUT2D eigenvalue weighted by molar-refractivity contribution is 5.84. The number of likely N-dealkylation sites (N-methyl/N-ethyl adjacent to an activating group) is 1. The van der Waals surface area contributed by atoms with Crippen LogP contribution in [0.2, 0.25) is 0 Å². The van der Waals surface area contributed by atoms with Crippen LogP contribution in [0.3, 0.4) is 0 Å². The van der Waals surface area contributed by atoms with Gasteiger partial charge < -0.3 is 15.0 Å². The summed E-state index contributed by atoms with van der Waals surface area (Å²) in [5.74, 6) is 0.151. The van der Waals surface area contributed by atoms with Crippen molar-refractivity contribution in [3.8, 4) is 5.75 Å². The van der Waals surface area contributed by atoms with Gasteiger partial charge in [-0.2, -0.15) is 0 Å². The van der Waals surface area contributed by atoms with Gasteiger partial charge in [0, 0.05) is 30.7 Å². The van der Waals surface area contributed by atoms with E-state index in [1.54, 1.807) is 19.3 Å². The molecule has 1 aromatic heterocycles. The number of hydrogen-bond acceptors (Lipinski definition) is 4. The highest BCUT2D eigenvalue weighted by Crippen LogP contribution is 2.34. The van der Waals surface area contributed by atoms with Crippen LogP contribution < -0.4 is 15.0 Å². The molecule has 26 heavy (non-hydrogen) atoms. The highest BCUT2D eigenvalue weighted by atomic mass is 19.1. The van der Waals surface area contributed by atoms with Gasteiger partial charge in [0.1, 0.15) is 11.6 Å². The highest BCUT2D eigenvalue weighted by Gasteiger charge is 2.30. The smallest absolute Gasteiger partial charge is 0.262 e. The third-order valence-corrected chi connectivity index (χ3v) is 4.51. The lowest BCUT2D eigenvalue weighted by Crippen LogP contribution is -2.48. The first-order valence-electron chi connectivity index (χ1n) is 8.41. The maximum atomic E-state index is 14.1. The van der Waals surface area contributed by atoms with E-state index < -0.39 is 6.10 Å². The lowest BCUT2D eigenvalue weighted by atomic mass is 10.1. The van der Waals surface area contributed by atoms with Crippen LogP contribution in [-0.2, 0) is 11.3 Å². The summed E-state index contributed by atoms with van der Waals surface area (Å²) in [6, 6.07) is 14.2. The average molecular weight is 351 g/mol. The van der Waals surface area contributed by atoms with E-state index in [1.807, 2.05) is 35.2 Å². The number of pyridine rings is 1. The van der Waals surface area contributed by atoms with Crippen LogP contribution in [0.5, 0.6) is 5.75 Å². The molecule has 2 heterocycles. The van der Waals surface area contributed by atoms with Gasteiger partial charge in [0.05, 0.1) is 17.7 Å². The molecule has 0 aliphatic carbocycles. The van der Waals surface area contributed by atoms with Crippen molar-refractivity contribution >= 4 is 22.5 Å². The Balaban J connectivity index is 1.74. The Morgan fingerprint density at radius 1 is 1.31 bits per heavy atom. The Hall–Kier alpha value is -3.15. The van der Waals surface area contributed by atoms with Crippen molar-refractivity contribution in [1.82, 2.24) is 10.3 Å². The molecule has 2 aromatic carbocycles. The van der Waals surface area contributed by atoms with Crippen molar-refractivity contribution in [3.63, 3.8) is 0 Å². The van der Waals surface area contributed by atoms with E-state index in [-0.39, 0.29) is 11.7 Å². The van der Waals surface area contributed by atoms with E-state index in [2.05, 4.69) is 10.3 Å². The molecular weight excluding hydrogens is 333 g/mol. The molecule has 132 valence electrons. The maximum absolute atomic E-state index is 14.1. The van der Waals surface area contributed by atoms with E-state index in [9.17, 15) is 9.18 Å². The number of benzene rings is 2. The van der Waals surface area contributed by atoms with Gasteiger partial charge in [0.2, 0.25) is 0 Å². The number of nitrogens with one attached hydrogen (secondary N) is 1. The molecular formula is C20H18FN3O2. The molecule has 1 atom stereocenters. The summed E-state index contributed by atoms with van der Waals surface area (Å²) >= 11 is 0. The second-order valence-electron chi connectivity index (χ2n) is 6.21. The summed E-state index contributed by atoms with van der Waals surface area (Å²) in [6.45, 7) is 0.806. The number of rotatable bonds is 3. The third-order valence-electron chi connectivity index (χ3n) is 4.51. The number of fused-ring (bicyclic) bond motifs is 2. The van der Waals surface area contributed by atoms with E-state index in [0.717, 1.165) is 22.2 Å². The first-order chi connectivity index (χ1) is 12.7. The van der Waals surface area contributed by atoms with Crippen LogP contribution in [0.25, 0.3) is 10.9 Å². The number of aromatic nitrogens is 1. The lowest BCUT2D eigenvalue weighted by Gasteiger charge is -2.35. The van der Waals surface area contributed by atoms with Gasteiger partial charge in [-0.3, -0.25) is 9.78 Å². The minimum atomic E-state index is -0.623. The van der Waals surface area contributed by atoms with Crippen molar-refractivity contribution in [1.29, 1.82) is 0 Å². The van der Waals surface area contributed by atoms with Gasteiger partial charge in [-0.1, -0.05) is 18.2 Å². The molecule has 3 aromatic rings. The second-order valence-corrected chi connectivity index (χ2v) is 6.21. The van der Waals surface area contributed by atoms with Gasteiger partial charge in [0.25, 0.3) is 5.91 Å². The van der Waals surface area contributed by atoms with Gasteiger partial charge in [-0.25, -0.2) is 4.39 Å². The molecule has 5 nitrogen and oxygen atoms in total. The topological polar surface area (TPSA) is 54.5 Å². The second kappa shape index (κ2) is 6.63. The van der Waals surface area contributed by atoms with Gasteiger partial charge in [-0.05, 0) is 30.3 Å². The van der Waals surface area contributed by atoms with Crippen molar-refractivity contribution in [2.75, 3.05) is 18.5 Å². The molecule has 0 fully saturated rings. The zero-order valence-electron chi connectivity index (χ0n) is 14.3. The number of hydrogen-bond donors (Lipinski definition) is 1. The van der Waals surface area contributed by atoms with Crippen LogP contribution >= 0.6 is 0 Å². The molecule has 1 N–H and O–H groups in total. The van der Waals surface area contributed by atoms with Crippen LogP contribution in [0, 0.1) is 5.82 Å². The molecule has 0 bridgehead atoms. The average Bonchev–Trinajstić information content (AvgIpc) is 2.67. The molecule has 0 radical (unpaired) electrons. The molecule has 1 aliphatic heterocycles. The quantitative estimate of drug-likeness (QED) is 0.788. The summed E-state index contributed by atoms with van der Waals surface area (Å²) in [7, 11) is 1.58. The van der Waals surface area contributed by atoms with Crippen molar-refractivity contribution in [3.05, 3.63) is 66.1 Å². The van der Waals surface area contributed by atoms with Crippen LogP contribution in [0.15, 0.2) is 54.7 Å². The van der Waals surface area contributed by atoms with Crippen molar-refractivity contribution < 1.29 is 13.9 Å². The summed E-state index contributed by atoms with van der Waals surface area (Å²) < 4.78 is 19.9. The zero-order chi connectivity index (χ0) is 18.1.